The summed E-state index contributed by atoms with van der Waals surface area (Å²) in [4.78, 5) is 0. The largest absolute Gasteiger partial charge is 0.369 e. The maximum atomic E-state index is 7.07. The highest BCUT2D eigenvalue weighted by molar-refractivity contribution is 5.34. The van der Waals surface area contributed by atoms with E-state index in [1.807, 2.05) is 5.57 Å². The number of H-pyrrole nitrogens is 1. The van der Waals surface area contributed by atoms with Crippen molar-refractivity contribution in [3.8, 4) is 0 Å². The first-order chi connectivity index (χ1) is 16.3. The van der Waals surface area contributed by atoms with Gasteiger partial charge in [-0.15, -0.1) is 0 Å². The van der Waals surface area contributed by atoms with Crippen molar-refractivity contribution in [3.63, 3.8) is 0 Å². The number of rotatable bonds is 0. The van der Waals surface area contributed by atoms with E-state index in [0.717, 1.165) is 36.1 Å². The van der Waals surface area contributed by atoms with Gasteiger partial charge in [-0.25, -0.2) is 0 Å². The Kier molecular flexibility index (Phi) is 4.84. The Morgan fingerprint density at radius 2 is 1.91 bits per heavy atom. The number of piperidine rings is 1. The molecule has 0 radical (unpaired) electrons. The molecule has 0 bridgehead atoms. The fourth-order valence-electron chi connectivity index (χ4n) is 10.2. The molecule has 1 aromatic heterocycles. The van der Waals surface area contributed by atoms with Crippen LogP contribution in [0.2, 0.25) is 0 Å². The van der Waals surface area contributed by atoms with Crippen molar-refractivity contribution in [2.75, 3.05) is 6.54 Å². The minimum absolute atomic E-state index is 0.0675. The summed E-state index contributed by atoms with van der Waals surface area (Å²) in [6, 6.07) is 0.559. The second-order valence-electron chi connectivity index (χ2n) is 13.8. The molecule has 2 saturated heterocycles. The van der Waals surface area contributed by atoms with E-state index in [2.05, 4.69) is 45.0 Å². The van der Waals surface area contributed by atoms with E-state index in [1.54, 1.807) is 11.1 Å². The van der Waals surface area contributed by atoms with Crippen LogP contribution in [-0.4, -0.2) is 34.5 Å². The van der Waals surface area contributed by atoms with Crippen molar-refractivity contribution < 1.29 is 4.74 Å². The van der Waals surface area contributed by atoms with Gasteiger partial charge in [0.05, 0.1) is 17.4 Å². The summed E-state index contributed by atoms with van der Waals surface area (Å²) in [5, 5.41) is 11.9. The molecule has 2 aliphatic heterocycles. The van der Waals surface area contributed by atoms with Gasteiger partial charge in [0, 0.05) is 17.7 Å². The predicted octanol–water partition coefficient (Wildman–Crippen LogP) is 5.76. The van der Waals surface area contributed by atoms with Crippen LogP contribution >= 0.6 is 0 Å². The Hall–Kier alpha value is -1.13. The van der Waals surface area contributed by atoms with Gasteiger partial charge in [0.15, 0.2) is 0 Å². The summed E-state index contributed by atoms with van der Waals surface area (Å²) in [5.74, 6) is 4.70. The molecular formula is C30H45N3O. The third-order valence-corrected chi connectivity index (χ3v) is 12.2. The lowest BCUT2D eigenvalue weighted by molar-refractivity contribution is -0.0733. The van der Waals surface area contributed by atoms with Crippen molar-refractivity contribution in [1.82, 2.24) is 15.5 Å². The zero-order chi connectivity index (χ0) is 23.4. The Labute approximate surface area is 206 Å². The highest BCUT2D eigenvalue weighted by Gasteiger charge is 2.59. The molecule has 6 aliphatic rings. The zero-order valence-electron chi connectivity index (χ0n) is 22.0. The van der Waals surface area contributed by atoms with E-state index in [0.29, 0.717) is 23.5 Å². The number of ether oxygens (including phenoxy) is 1. The summed E-state index contributed by atoms with van der Waals surface area (Å²) in [6.45, 7) is 13.4. The first-order valence-electron chi connectivity index (χ1n) is 14.4. The van der Waals surface area contributed by atoms with Gasteiger partial charge in [-0.1, -0.05) is 31.9 Å². The second kappa shape index (κ2) is 7.44. The third-order valence-electron chi connectivity index (χ3n) is 12.2. The Balaban J connectivity index is 1.19. The highest BCUT2D eigenvalue weighted by atomic mass is 16.5. The van der Waals surface area contributed by atoms with Crippen LogP contribution in [0.5, 0.6) is 0 Å². The third kappa shape index (κ3) is 2.94. The molecule has 1 aromatic rings. The Morgan fingerprint density at radius 1 is 1.06 bits per heavy atom. The van der Waals surface area contributed by atoms with E-state index in [9.17, 15) is 0 Å². The number of allylic oxidation sites excluding steroid dienone is 1. The number of hydrogen-bond donors (Lipinski definition) is 2. The van der Waals surface area contributed by atoms with E-state index >= 15 is 0 Å². The number of nitrogens with one attached hydrogen (secondary N) is 2. The fraction of sp³-hybridized carbons (Fsp3) is 0.833. The summed E-state index contributed by atoms with van der Waals surface area (Å²) < 4.78 is 7.07. The van der Waals surface area contributed by atoms with E-state index in [1.165, 1.54) is 69.2 Å². The molecule has 1 spiro atoms. The molecule has 34 heavy (non-hydrogen) atoms. The van der Waals surface area contributed by atoms with Crippen LogP contribution < -0.4 is 5.32 Å². The molecule has 4 aliphatic carbocycles. The van der Waals surface area contributed by atoms with Crippen molar-refractivity contribution in [2.24, 2.45) is 40.9 Å². The Bertz CT molecular complexity index is 1030. The summed E-state index contributed by atoms with van der Waals surface area (Å²) in [7, 11) is 0. The van der Waals surface area contributed by atoms with Crippen LogP contribution in [0.1, 0.15) is 89.6 Å². The molecule has 3 heterocycles. The number of aromatic amines is 1. The number of hydrogen-bond acceptors (Lipinski definition) is 3. The SMILES string of the molecule is CC1=C2C[C@H]3[C@@H](CC[C@@H]4Cc5n[nH]c(C)c5C[C@@]43C)[C@@H]2CC[C@@]2(C1)O[C@@H]1C[C@H](C)CN[C@H]1[C@H]2C. The maximum Gasteiger partial charge on any atom is 0.0765 e. The van der Waals surface area contributed by atoms with Crippen LogP contribution in [-0.2, 0) is 17.6 Å². The molecule has 0 aromatic carbocycles. The molecule has 4 nitrogen and oxygen atoms in total. The van der Waals surface area contributed by atoms with Crippen LogP contribution in [0, 0.1) is 47.8 Å². The van der Waals surface area contributed by atoms with Gasteiger partial charge in [0.25, 0.3) is 0 Å². The number of aromatic nitrogens is 2. The molecule has 4 fully saturated rings. The van der Waals surface area contributed by atoms with Crippen LogP contribution in [0.4, 0.5) is 0 Å². The summed E-state index contributed by atoms with van der Waals surface area (Å²) >= 11 is 0. The minimum Gasteiger partial charge on any atom is -0.369 e. The molecule has 186 valence electrons. The van der Waals surface area contributed by atoms with Gasteiger partial charge >= 0.3 is 0 Å². The molecule has 4 heteroatoms. The monoisotopic (exact) mass is 463 g/mol. The summed E-state index contributed by atoms with van der Waals surface area (Å²) in [6.07, 6.45) is 12.1. The van der Waals surface area contributed by atoms with Crippen LogP contribution in [0.3, 0.4) is 0 Å². The molecule has 0 unspecified atom stereocenters. The zero-order valence-corrected chi connectivity index (χ0v) is 22.0. The topological polar surface area (TPSA) is 49.9 Å². The van der Waals surface area contributed by atoms with Gasteiger partial charge in [-0.05, 0) is 119 Å². The maximum absolute atomic E-state index is 7.07. The minimum atomic E-state index is 0.0675. The van der Waals surface area contributed by atoms with Gasteiger partial charge < -0.3 is 10.1 Å². The van der Waals surface area contributed by atoms with Crippen molar-refractivity contribution >= 4 is 0 Å². The van der Waals surface area contributed by atoms with Crippen molar-refractivity contribution in [3.05, 3.63) is 28.1 Å². The molecule has 0 amide bonds. The lowest BCUT2D eigenvalue weighted by Crippen LogP contribution is -2.48. The summed E-state index contributed by atoms with van der Waals surface area (Å²) in [5.41, 5.74) is 8.31. The van der Waals surface area contributed by atoms with Crippen molar-refractivity contribution in [2.45, 2.75) is 110 Å². The standard InChI is InChI=1S/C30H45N3O/c1-16-10-27-28(31-15-16)18(3)30(34-27)9-8-21-22-7-6-20-11-26-24(19(4)32-33-26)14-29(20,5)25(22)12-23(21)17(2)13-30/h16,18,20-22,25,27-28,31H,6-15H2,1-5H3,(H,32,33)/t16-,18+,20+,21-,22-,25-,27+,28-,29-,30-/m0/s1. The average molecular weight is 464 g/mol. The van der Waals surface area contributed by atoms with Gasteiger partial charge in [-0.2, -0.15) is 5.10 Å². The first kappa shape index (κ1) is 22.1. The number of aryl methyl sites for hydroxylation is 1. The van der Waals surface area contributed by atoms with Crippen LogP contribution in [0.25, 0.3) is 0 Å². The van der Waals surface area contributed by atoms with Crippen molar-refractivity contribution in [1.29, 1.82) is 0 Å². The Morgan fingerprint density at radius 3 is 2.76 bits per heavy atom. The second-order valence-corrected chi connectivity index (χ2v) is 13.8. The first-order valence-corrected chi connectivity index (χ1v) is 14.4. The smallest absolute Gasteiger partial charge is 0.0765 e. The fourth-order valence-corrected chi connectivity index (χ4v) is 10.2. The molecule has 10 atom stereocenters. The van der Waals surface area contributed by atoms with E-state index in [-0.39, 0.29) is 5.60 Å². The predicted molar refractivity (Wildman–Crippen MR) is 136 cm³/mol. The highest BCUT2D eigenvalue weighted by Crippen LogP contribution is 2.64. The number of fused-ring (bicyclic) bond motifs is 7. The normalized spacial score (nSPS) is 49.8. The van der Waals surface area contributed by atoms with Gasteiger partial charge in [0.2, 0.25) is 0 Å². The van der Waals surface area contributed by atoms with Crippen LogP contribution in [0.15, 0.2) is 11.1 Å². The van der Waals surface area contributed by atoms with E-state index < -0.39 is 0 Å². The molecule has 2 saturated carbocycles. The quantitative estimate of drug-likeness (QED) is 0.481. The lowest BCUT2D eigenvalue weighted by Gasteiger charge is -2.52. The molecule has 7 rings (SSSR count). The molecule has 2 N–H and O–H groups in total. The van der Waals surface area contributed by atoms with E-state index in [4.69, 9.17) is 9.84 Å². The van der Waals surface area contributed by atoms with Gasteiger partial charge in [0.1, 0.15) is 0 Å². The average Bonchev–Trinajstić information content (AvgIpc) is 3.40. The molecular weight excluding hydrogens is 418 g/mol. The van der Waals surface area contributed by atoms with Gasteiger partial charge in [-0.3, -0.25) is 5.10 Å². The number of nitrogens with zero attached hydrogens (tertiary/aromatic N) is 1. The lowest BCUT2D eigenvalue weighted by atomic mass is 9.52.